The first-order chi connectivity index (χ1) is 13.1. The summed E-state index contributed by atoms with van der Waals surface area (Å²) < 4.78 is 5.73. The Balaban J connectivity index is 1.59. The average molecular weight is 379 g/mol. The predicted octanol–water partition coefficient (Wildman–Crippen LogP) is 3.49. The molecular weight excluding hydrogens is 362 g/mol. The fraction of sp³-hybridized carbons (Fsp3) is 0.0500. The molecule has 0 atom stereocenters. The molecule has 136 valence electrons. The van der Waals surface area contributed by atoms with E-state index in [2.05, 4.69) is 15.6 Å². The number of thiocarbonyl (C=S) groups is 1. The Morgan fingerprint density at radius 3 is 2.67 bits per heavy atom. The summed E-state index contributed by atoms with van der Waals surface area (Å²) in [6.45, 7) is 0.408. The van der Waals surface area contributed by atoms with Crippen molar-refractivity contribution in [2.24, 2.45) is 0 Å². The van der Waals surface area contributed by atoms with Crippen molar-refractivity contribution < 1.29 is 14.6 Å². The number of carbonyl (C=O) groups is 1. The van der Waals surface area contributed by atoms with Gasteiger partial charge in [-0.15, -0.1) is 0 Å². The van der Waals surface area contributed by atoms with Gasteiger partial charge in [-0.05, 0) is 48.1 Å². The lowest BCUT2D eigenvalue weighted by Crippen LogP contribution is -2.34. The number of hydrogen-bond acceptors (Lipinski definition) is 5. The molecule has 3 N–H and O–H groups in total. The van der Waals surface area contributed by atoms with Crippen molar-refractivity contribution in [1.29, 1.82) is 0 Å². The number of benzene rings is 2. The highest BCUT2D eigenvalue weighted by Crippen LogP contribution is 2.18. The van der Waals surface area contributed by atoms with Crippen LogP contribution in [-0.2, 0) is 6.61 Å². The first-order valence-electron chi connectivity index (χ1n) is 8.15. The third kappa shape index (κ3) is 5.26. The smallest absolute Gasteiger partial charge is 0.257 e. The van der Waals surface area contributed by atoms with E-state index in [1.54, 1.807) is 30.3 Å². The Morgan fingerprint density at radius 2 is 1.89 bits per heavy atom. The predicted molar refractivity (Wildman–Crippen MR) is 107 cm³/mol. The van der Waals surface area contributed by atoms with Gasteiger partial charge in [-0.1, -0.05) is 36.4 Å². The Kier molecular flexibility index (Phi) is 5.96. The molecule has 0 saturated heterocycles. The Bertz CT molecular complexity index is 948. The van der Waals surface area contributed by atoms with Crippen LogP contribution in [-0.4, -0.2) is 21.1 Å². The van der Waals surface area contributed by atoms with Gasteiger partial charge in [-0.25, -0.2) is 4.98 Å². The monoisotopic (exact) mass is 379 g/mol. The number of aromatic nitrogens is 1. The minimum atomic E-state index is -0.395. The molecule has 1 amide bonds. The molecule has 0 fully saturated rings. The molecule has 6 nitrogen and oxygen atoms in total. The summed E-state index contributed by atoms with van der Waals surface area (Å²) in [6, 6.07) is 19.6. The summed E-state index contributed by atoms with van der Waals surface area (Å²) >= 11 is 5.09. The van der Waals surface area contributed by atoms with Crippen LogP contribution in [0.1, 0.15) is 15.9 Å². The molecule has 0 aliphatic heterocycles. The van der Waals surface area contributed by atoms with E-state index >= 15 is 0 Å². The van der Waals surface area contributed by atoms with Gasteiger partial charge in [0.05, 0.1) is 0 Å². The molecule has 0 unspecified atom stereocenters. The highest BCUT2D eigenvalue weighted by atomic mass is 32.1. The number of amides is 1. The highest BCUT2D eigenvalue weighted by molar-refractivity contribution is 7.80. The number of ether oxygens (including phenoxy) is 1. The molecule has 1 heterocycles. The molecule has 3 rings (SSSR count). The lowest BCUT2D eigenvalue weighted by Gasteiger charge is -2.11. The van der Waals surface area contributed by atoms with Crippen molar-refractivity contribution in [2.75, 3.05) is 5.32 Å². The number of anilines is 1. The molecule has 27 heavy (non-hydrogen) atoms. The van der Waals surface area contributed by atoms with Crippen molar-refractivity contribution in [3.8, 4) is 11.5 Å². The number of hydrogen-bond donors (Lipinski definition) is 3. The number of carbonyl (C=O) groups excluding carboxylic acids is 1. The topological polar surface area (TPSA) is 83.5 Å². The van der Waals surface area contributed by atoms with E-state index in [1.807, 2.05) is 30.3 Å². The molecule has 7 heteroatoms. The van der Waals surface area contributed by atoms with Crippen LogP contribution in [0, 0.1) is 0 Å². The lowest BCUT2D eigenvalue weighted by atomic mass is 10.2. The van der Waals surface area contributed by atoms with E-state index in [9.17, 15) is 9.90 Å². The summed E-state index contributed by atoms with van der Waals surface area (Å²) in [5, 5.41) is 14.9. The molecule has 2 aromatic carbocycles. The third-order valence-electron chi connectivity index (χ3n) is 3.59. The number of aromatic hydroxyl groups is 1. The standard InChI is InChI=1S/C20H17N3O3S/c24-17-10-5-11-21-18(17)22-20(27)23-19(25)15-8-4-9-16(12-15)26-13-14-6-2-1-3-7-14/h1-12,24H,13H2,(H2,21,22,23,25,27). The van der Waals surface area contributed by atoms with Gasteiger partial charge >= 0.3 is 0 Å². The second kappa shape index (κ2) is 8.77. The Morgan fingerprint density at radius 1 is 1.07 bits per heavy atom. The lowest BCUT2D eigenvalue weighted by molar-refractivity contribution is 0.0977. The van der Waals surface area contributed by atoms with Crippen LogP contribution in [0.3, 0.4) is 0 Å². The maximum atomic E-state index is 12.4. The van der Waals surface area contributed by atoms with Crippen molar-refractivity contribution in [1.82, 2.24) is 10.3 Å². The van der Waals surface area contributed by atoms with Crippen LogP contribution in [0.25, 0.3) is 0 Å². The number of rotatable bonds is 5. The van der Waals surface area contributed by atoms with Gasteiger partial charge in [0.2, 0.25) is 0 Å². The van der Waals surface area contributed by atoms with Crippen molar-refractivity contribution in [3.05, 3.63) is 84.1 Å². The summed E-state index contributed by atoms with van der Waals surface area (Å²) in [5.41, 5.74) is 1.43. The number of pyridine rings is 1. The van der Waals surface area contributed by atoms with E-state index in [1.165, 1.54) is 12.3 Å². The Hall–Kier alpha value is -3.45. The molecular formula is C20H17N3O3S. The fourth-order valence-corrected chi connectivity index (χ4v) is 2.46. The van der Waals surface area contributed by atoms with Gasteiger partial charge in [-0.3, -0.25) is 10.1 Å². The van der Waals surface area contributed by atoms with E-state index in [0.29, 0.717) is 17.9 Å². The summed E-state index contributed by atoms with van der Waals surface area (Å²) in [7, 11) is 0. The summed E-state index contributed by atoms with van der Waals surface area (Å²) in [5.74, 6) is 0.286. The van der Waals surface area contributed by atoms with Crippen LogP contribution < -0.4 is 15.4 Å². The zero-order valence-electron chi connectivity index (χ0n) is 14.3. The van der Waals surface area contributed by atoms with Crippen LogP contribution >= 0.6 is 12.2 Å². The first kappa shape index (κ1) is 18.3. The van der Waals surface area contributed by atoms with Crippen LogP contribution in [0.2, 0.25) is 0 Å². The van der Waals surface area contributed by atoms with E-state index in [0.717, 1.165) is 5.56 Å². The minimum Gasteiger partial charge on any atom is -0.504 e. The number of nitrogens with zero attached hydrogens (tertiary/aromatic N) is 1. The minimum absolute atomic E-state index is 0.0320. The number of nitrogens with one attached hydrogen (secondary N) is 2. The van der Waals surface area contributed by atoms with E-state index in [4.69, 9.17) is 17.0 Å². The van der Waals surface area contributed by atoms with Gasteiger partial charge in [0.15, 0.2) is 16.7 Å². The zero-order valence-corrected chi connectivity index (χ0v) is 15.1. The van der Waals surface area contributed by atoms with Gasteiger partial charge in [-0.2, -0.15) is 0 Å². The molecule has 0 bridgehead atoms. The normalized spacial score (nSPS) is 10.1. The second-order valence-corrected chi connectivity index (χ2v) is 5.99. The van der Waals surface area contributed by atoms with Crippen LogP contribution in [0.4, 0.5) is 5.82 Å². The maximum absolute atomic E-state index is 12.4. The average Bonchev–Trinajstić information content (AvgIpc) is 2.69. The van der Waals surface area contributed by atoms with Crippen molar-refractivity contribution in [2.45, 2.75) is 6.61 Å². The Labute approximate surface area is 161 Å². The van der Waals surface area contributed by atoms with Gasteiger partial charge in [0.1, 0.15) is 12.4 Å². The first-order valence-corrected chi connectivity index (χ1v) is 8.56. The van der Waals surface area contributed by atoms with E-state index < -0.39 is 5.91 Å². The van der Waals surface area contributed by atoms with Gasteiger partial charge in [0, 0.05) is 11.8 Å². The fourth-order valence-electron chi connectivity index (χ4n) is 2.28. The molecule has 0 aliphatic carbocycles. The molecule has 1 aromatic heterocycles. The largest absolute Gasteiger partial charge is 0.504 e. The van der Waals surface area contributed by atoms with Crippen LogP contribution in [0.15, 0.2) is 72.9 Å². The third-order valence-corrected chi connectivity index (χ3v) is 3.79. The maximum Gasteiger partial charge on any atom is 0.257 e. The molecule has 0 saturated carbocycles. The molecule has 3 aromatic rings. The van der Waals surface area contributed by atoms with E-state index in [-0.39, 0.29) is 16.7 Å². The van der Waals surface area contributed by atoms with Gasteiger partial charge < -0.3 is 15.2 Å². The molecule has 0 spiro atoms. The second-order valence-electron chi connectivity index (χ2n) is 5.58. The quantitative estimate of drug-likeness (QED) is 0.589. The van der Waals surface area contributed by atoms with Crippen LogP contribution in [0.5, 0.6) is 11.5 Å². The van der Waals surface area contributed by atoms with Crippen molar-refractivity contribution >= 4 is 29.1 Å². The highest BCUT2D eigenvalue weighted by Gasteiger charge is 2.11. The molecule has 0 aliphatic rings. The SMILES string of the molecule is O=C(NC(=S)Nc1ncccc1O)c1cccc(OCc2ccccc2)c1. The molecule has 0 radical (unpaired) electrons. The van der Waals surface area contributed by atoms with Crippen molar-refractivity contribution in [3.63, 3.8) is 0 Å². The summed E-state index contributed by atoms with van der Waals surface area (Å²) in [4.78, 5) is 16.3. The summed E-state index contributed by atoms with van der Waals surface area (Å²) in [6.07, 6.45) is 1.50. The zero-order chi connectivity index (χ0) is 19.1. The van der Waals surface area contributed by atoms with Gasteiger partial charge in [0.25, 0.3) is 5.91 Å².